The monoisotopic (exact) mass is 468 g/mol. The summed E-state index contributed by atoms with van der Waals surface area (Å²) in [6.45, 7) is 0.943. The number of hydrogen-bond acceptors (Lipinski definition) is 5. The lowest BCUT2D eigenvalue weighted by molar-refractivity contribution is -0.115. The zero-order chi connectivity index (χ0) is 22.9. The maximum absolute atomic E-state index is 12.9. The minimum Gasteiger partial charge on any atom is -0.326 e. The molecule has 0 radical (unpaired) electrons. The molecule has 4 heterocycles. The summed E-state index contributed by atoms with van der Waals surface area (Å²) in [5.74, 6) is 1.87. The van der Waals surface area contributed by atoms with E-state index in [9.17, 15) is 4.79 Å². The zero-order valence-corrected chi connectivity index (χ0v) is 19.5. The number of aromatic nitrogens is 5. The van der Waals surface area contributed by atoms with Crippen LogP contribution in [-0.2, 0) is 24.2 Å². The Morgan fingerprint density at radius 2 is 1.88 bits per heavy atom. The molecule has 5 aromatic rings. The summed E-state index contributed by atoms with van der Waals surface area (Å²) >= 11 is 1.55. The van der Waals surface area contributed by atoms with Crippen molar-refractivity contribution in [3.05, 3.63) is 77.7 Å². The fourth-order valence-corrected chi connectivity index (χ4v) is 5.38. The van der Waals surface area contributed by atoms with Crippen LogP contribution in [0.15, 0.2) is 66.2 Å². The molecule has 0 atom stereocenters. The van der Waals surface area contributed by atoms with Crippen LogP contribution in [-0.4, -0.2) is 30.1 Å². The van der Waals surface area contributed by atoms with E-state index in [1.54, 1.807) is 11.3 Å². The number of hydrogen-bond donors (Lipinski definition) is 1. The Bertz CT molecular complexity index is 1470. The van der Waals surface area contributed by atoms with Crippen molar-refractivity contribution in [2.24, 2.45) is 0 Å². The summed E-state index contributed by atoms with van der Waals surface area (Å²) in [6, 6.07) is 17.9. The molecule has 34 heavy (non-hydrogen) atoms. The van der Waals surface area contributed by atoms with Gasteiger partial charge in [-0.2, -0.15) is 0 Å². The molecule has 0 spiro atoms. The molecule has 1 N–H and O–H groups in total. The van der Waals surface area contributed by atoms with E-state index < -0.39 is 0 Å². The van der Waals surface area contributed by atoms with Gasteiger partial charge in [0.1, 0.15) is 5.82 Å². The van der Waals surface area contributed by atoms with E-state index in [1.807, 2.05) is 70.6 Å². The average Bonchev–Trinajstić information content (AvgIpc) is 3.51. The third-order valence-corrected chi connectivity index (χ3v) is 7.10. The fourth-order valence-electron chi connectivity index (χ4n) is 4.51. The lowest BCUT2D eigenvalue weighted by Crippen LogP contribution is -2.15. The Hall–Kier alpha value is -3.78. The maximum atomic E-state index is 12.9. The van der Waals surface area contributed by atoms with E-state index in [4.69, 9.17) is 4.98 Å². The number of nitrogens with zero attached hydrogens (tertiary/aromatic N) is 5. The Morgan fingerprint density at radius 3 is 2.79 bits per heavy atom. The van der Waals surface area contributed by atoms with E-state index in [2.05, 4.69) is 20.1 Å². The molecule has 0 saturated heterocycles. The number of rotatable bonds is 5. The highest BCUT2D eigenvalue weighted by Gasteiger charge is 2.17. The Morgan fingerprint density at radius 1 is 1.00 bits per heavy atom. The number of aryl methyl sites for hydroxylation is 1. The third kappa shape index (κ3) is 4.01. The third-order valence-electron chi connectivity index (χ3n) is 6.21. The smallest absolute Gasteiger partial charge is 0.230 e. The van der Waals surface area contributed by atoms with Crippen LogP contribution in [0.5, 0.6) is 0 Å². The molecule has 8 heteroatoms. The first kappa shape index (κ1) is 20.8. The summed E-state index contributed by atoms with van der Waals surface area (Å²) in [5, 5.41) is 13.9. The van der Waals surface area contributed by atoms with Crippen LogP contribution in [0.1, 0.15) is 30.8 Å². The highest BCUT2D eigenvalue weighted by molar-refractivity contribution is 7.15. The molecule has 3 aromatic heterocycles. The molecule has 0 fully saturated rings. The summed E-state index contributed by atoms with van der Waals surface area (Å²) in [6.07, 6.45) is 6.77. The Labute approximate surface area is 201 Å². The predicted molar refractivity (Wildman–Crippen MR) is 134 cm³/mol. The average molecular weight is 469 g/mol. The van der Waals surface area contributed by atoms with Crippen molar-refractivity contribution in [2.45, 2.75) is 38.6 Å². The minimum absolute atomic E-state index is 0.0631. The second-order valence-electron chi connectivity index (χ2n) is 8.58. The van der Waals surface area contributed by atoms with Crippen molar-refractivity contribution in [2.75, 3.05) is 5.32 Å². The minimum atomic E-state index is -0.0631. The highest BCUT2D eigenvalue weighted by Crippen LogP contribution is 2.26. The molecule has 0 bridgehead atoms. The van der Waals surface area contributed by atoms with Crippen molar-refractivity contribution in [3.8, 4) is 22.6 Å². The lowest BCUT2D eigenvalue weighted by Gasteiger charge is -2.09. The second kappa shape index (κ2) is 8.87. The standard InChI is InChI=1S/C26H24N6OS/c33-24(15-21-17-34-26-28-22(16-32(21)26)18-8-3-1-4-9-18)27-20-11-7-10-19(14-20)25-30-29-23-12-5-2-6-13-31(23)25/h1,3-4,7-11,14,16-17H,2,5-6,12-13,15H2,(H,27,33). The highest BCUT2D eigenvalue weighted by atomic mass is 32.1. The van der Waals surface area contributed by atoms with Gasteiger partial charge in [-0.15, -0.1) is 21.5 Å². The summed E-state index contributed by atoms with van der Waals surface area (Å²) < 4.78 is 4.23. The summed E-state index contributed by atoms with van der Waals surface area (Å²) in [7, 11) is 0. The number of fused-ring (bicyclic) bond motifs is 2. The Kier molecular flexibility index (Phi) is 5.43. The largest absolute Gasteiger partial charge is 0.326 e. The number of carbonyl (C=O) groups excluding carboxylic acids is 1. The SMILES string of the molecule is O=C(Cc1csc2nc(-c3ccccc3)cn12)Nc1cccc(-c2nnc3n2CCCCC3)c1. The van der Waals surface area contributed by atoms with E-state index in [0.29, 0.717) is 0 Å². The van der Waals surface area contributed by atoms with Crippen molar-refractivity contribution in [1.82, 2.24) is 24.1 Å². The van der Waals surface area contributed by atoms with Gasteiger partial charge in [0.2, 0.25) is 5.91 Å². The first-order chi connectivity index (χ1) is 16.7. The first-order valence-electron chi connectivity index (χ1n) is 11.6. The molecule has 170 valence electrons. The zero-order valence-electron chi connectivity index (χ0n) is 18.6. The van der Waals surface area contributed by atoms with Gasteiger partial charge in [-0.05, 0) is 25.0 Å². The van der Waals surface area contributed by atoms with Gasteiger partial charge in [-0.3, -0.25) is 9.20 Å². The first-order valence-corrected chi connectivity index (χ1v) is 12.5. The summed E-state index contributed by atoms with van der Waals surface area (Å²) in [5.41, 5.74) is 4.63. The molecule has 0 unspecified atom stereocenters. The van der Waals surface area contributed by atoms with Gasteiger partial charge in [0.05, 0.1) is 12.1 Å². The molecular formula is C26H24N6OS. The molecule has 1 aliphatic heterocycles. The van der Waals surface area contributed by atoms with Gasteiger partial charge >= 0.3 is 0 Å². The molecule has 1 aliphatic rings. The van der Waals surface area contributed by atoms with E-state index in [1.165, 1.54) is 6.42 Å². The number of benzene rings is 2. The molecule has 2 aromatic carbocycles. The van der Waals surface area contributed by atoms with Crippen molar-refractivity contribution in [3.63, 3.8) is 0 Å². The van der Waals surface area contributed by atoms with Gasteiger partial charge in [0.15, 0.2) is 10.8 Å². The normalized spacial score (nSPS) is 13.5. The van der Waals surface area contributed by atoms with Gasteiger partial charge < -0.3 is 9.88 Å². The molecule has 1 amide bonds. The Balaban J connectivity index is 1.20. The van der Waals surface area contributed by atoms with Crippen LogP contribution in [0.25, 0.3) is 27.6 Å². The maximum Gasteiger partial charge on any atom is 0.230 e. The topological polar surface area (TPSA) is 77.1 Å². The number of carbonyl (C=O) groups is 1. The van der Waals surface area contributed by atoms with Gasteiger partial charge in [-0.1, -0.05) is 48.9 Å². The fraction of sp³-hybridized carbons (Fsp3) is 0.231. The molecule has 0 aliphatic carbocycles. The lowest BCUT2D eigenvalue weighted by atomic mass is 10.1. The van der Waals surface area contributed by atoms with E-state index >= 15 is 0 Å². The van der Waals surface area contributed by atoms with Crippen molar-refractivity contribution >= 4 is 27.9 Å². The van der Waals surface area contributed by atoms with Crippen molar-refractivity contribution in [1.29, 1.82) is 0 Å². The number of anilines is 1. The van der Waals surface area contributed by atoms with Gasteiger partial charge in [0, 0.05) is 47.1 Å². The predicted octanol–water partition coefficient (Wildman–Crippen LogP) is 5.23. The number of imidazole rings is 1. The number of amides is 1. The van der Waals surface area contributed by atoms with E-state index in [0.717, 1.165) is 70.6 Å². The number of nitrogens with one attached hydrogen (secondary N) is 1. The van der Waals surface area contributed by atoms with Crippen LogP contribution in [0.2, 0.25) is 0 Å². The molecule has 0 saturated carbocycles. The van der Waals surface area contributed by atoms with Crippen LogP contribution < -0.4 is 5.32 Å². The summed E-state index contributed by atoms with van der Waals surface area (Å²) in [4.78, 5) is 18.5. The van der Waals surface area contributed by atoms with Crippen molar-refractivity contribution < 1.29 is 4.79 Å². The van der Waals surface area contributed by atoms with Crippen LogP contribution in [0, 0.1) is 0 Å². The molecule has 6 rings (SSSR count). The quantitative estimate of drug-likeness (QED) is 0.383. The van der Waals surface area contributed by atoms with Gasteiger partial charge in [0.25, 0.3) is 0 Å². The van der Waals surface area contributed by atoms with E-state index in [-0.39, 0.29) is 12.3 Å². The van der Waals surface area contributed by atoms with Gasteiger partial charge in [-0.25, -0.2) is 4.98 Å². The number of thiazole rings is 1. The molecule has 7 nitrogen and oxygen atoms in total. The van der Waals surface area contributed by atoms with Crippen LogP contribution >= 0.6 is 11.3 Å². The van der Waals surface area contributed by atoms with Crippen LogP contribution in [0.4, 0.5) is 5.69 Å². The molecular weight excluding hydrogens is 444 g/mol. The van der Waals surface area contributed by atoms with Crippen LogP contribution in [0.3, 0.4) is 0 Å². The second-order valence-corrected chi connectivity index (χ2v) is 9.42.